The van der Waals surface area contributed by atoms with Crippen molar-refractivity contribution in [3.63, 3.8) is 0 Å². The molecule has 0 aromatic heterocycles. The first-order valence-corrected chi connectivity index (χ1v) is 8.05. The summed E-state index contributed by atoms with van der Waals surface area (Å²) in [4.78, 5) is 20.8. The molecule has 4 nitrogen and oxygen atoms in total. The predicted molar refractivity (Wildman–Crippen MR) is 45.9 cm³/mol. The van der Waals surface area contributed by atoms with Crippen LogP contribution in [0.3, 0.4) is 0 Å². The summed E-state index contributed by atoms with van der Waals surface area (Å²) in [5, 5.41) is -0.252. The van der Waals surface area contributed by atoms with Crippen LogP contribution in [0.4, 0.5) is 0 Å². The van der Waals surface area contributed by atoms with Gasteiger partial charge < -0.3 is 18.6 Å². The first-order chi connectivity index (χ1) is 4.96. The molecule has 74 valence electrons. The second kappa shape index (κ2) is 6.30. The molecular formula is C6H15Li2O4PSi. The summed E-state index contributed by atoms with van der Waals surface area (Å²) < 4.78 is 15.0. The number of phosphoric acid groups is 1. The maximum absolute atomic E-state index is 10.4. The Kier molecular flexibility index (Phi) is 9.40. The van der Waals surface area contributed by atoms with Crippen LogP contribution in [-0.2, 0) is 8.78 Å². The normalized spacial score (nSPS) is 12.8. The maximum Gasteiger partial charge on any atom is 1.00 e. The van der Waals surface area contributed by atoms with Crippen molar-refractivity contribution >= 4 is 16.1 Å². The maximum atomic E-state index is 10.4. The van der Waals surface area contributed by atoms with Gasteiger partial charge in [0.25, 0.3) is 0 Å². The molecule has 0 N–H and O–H groups in total. The van der Waals surface area contributed by atoms with E-state index in [2.05, 4.69) is 4.21 Å². The molecule has 0 amide bonds. The monoisotopic (exact) mass is 224 g/mol. The van der Waals surface area contributed by atoms with Gasteiger partial charge in [0.05, 0.1) is 0 Å². The second-order valence-electron chi connectivity index (χ2n) is 4.30. The van der Waals surface area contributed by atoms with Crippen LogP contribution in [0.5, 0.6) is 0 Å². The van der Waals surface area contributed by atoms with Crippen LogP contribution in [0.1, 0.15) is 20.8 Å². The summed E-state index contributed by atoms with van der Waals surface area (Å²) in [6.07, 6.45) is 0. The Labute approximate surface area is 111 Å². The van der Waals surface area contributed by atoms with Crippen molar-refractivity contribution in [2.24, 2.45) is 0 Å². The summed E-state index contributed by atoms with van der Waals surface area (Å²) in [6.45, 7) is 9.05. The molecule has 0 bridgehead atoms. The minimum Gasteiger partial charge on any atom is -0.791 e. The van der Waals surface area contributed by atoms with Gasteiger partial charge in [-0.3, -0.25) is 0 Å². The molecule has 0 aromatic carbocycles. The van der Waals surface area contributed by atoms with E-state index in [1.54, 1.807) is 13.1 Å². The van der Waals surface area contributed by atoms with E-state index in [0.717, 1.165) is 0 Å². The van der Waals surface area contributed by atoms with E-state index < -0.39 is 16.1 Å². The van der Waals surface area contributed by atoms with Crippen LogP contribution in [0.2, 0.25) is 18.1 Å². The van der Waals surface area contributed by atoms with Gasteiger partial charge in [0, 0.05) is 7.82 Å². The Morgan fingerprint density at radius 3 is 1.50 bits per heavy atom. The summed E-state index contributed by atoms with van der Waals surface area (Å²) in [7, 11) is -7.25. The standard InChI is InChI=1S/C6H17O4PSi.2Li/c1-6(2,3)12(4,5)10-11(7,8)9;;/h1-5H3,(H2,7,8,9);;/q;2*+1/p-2. The summed E-state index contributed by atoms with van der Waals surface area (Å²) >= 11 is 0. The van der Waals surface area contributed by atoms with E-state index in [-0.39, 0.29) is 42.8 Å². The predicted octanol–water partition coefficient (Wildman–Crippen LogP) is -5.16. The molecule has 0 saturated heterocycles. The van der Waals surface area contributed by atoms with Crippen LogP contribution < -0.4 is 47.5 Å². The molecule has 8 heteroatoms. The van der Waals surface area contributed by atoms with Gasteiger partial charge in [0.15, 0.2) is 8.32 Å². The van der Waals surface area contributed by atoms with Crippen molar-refractivity contribution in [2.75, 3.05) is 0 Å². The average molecular weight is 224 g/mol. The topological polar surface area (TPSA) is 72.4 Å². The van der Waals surface area contributed by atoms with Crippen molar-refractivity contribution < 1.29 is 56.3 Å². The molecule has 0 unspecified atom stereocenters. The van der Waals surface area contributed by atoms with Crippen molar-refractivity contribution in [1.29, 1.82) is 0 Å². The Morgan fingerprint density at radius 1 is 1.14 bits per heavy atom. The third-order valence-electron chi connectivity index (χ3n) is 2.15. The van der Waals surface area contributed by atoms with Gasteiger partial charge in [0.2, 0.25) is 0 Å². The summed E-state index contributed by atoms with van der Waals surface area (Å²) in [5.41, 5.74) is 0. The number of hydrogen-bond acceptors (Lipinski definition) is 4. The number of rotatable bonds is 2. The summed E-state index contributed by atoms with van der Waals surface area (Å²) in [6, 6.07) is 0. The zero-order valence-corrected chi connectivity index (χ0v) is 12.0. The Bertz CT molecular complexity index is 210. The minimum atomic E-state index is -4.82. The van der Waals surface area contributed by atoms with Crippen molar-refractivity contribution in [3.8, 4) is 0 Å². The second-order valence-corrected chi connectivity index (χ2v) is 10.4. The molecule has 0 aliphatic rings. The van der Waals surface area contributed by atoms with Gasteiger partial charge in [-0.05, 0) is 18.1 Å². The van der Waals surface area contributed by atoms with Crippen LogP contribution in [0, 0.1) is 0 Å². The van der Waals surface area contributed by atoms with Gasteiger partial charge in [-0.25, -0.2) is 0 Å². The quantitative estimate of drug-likeness (QED) is 0.347. The molecule has 0 aliphatic heterocycles. The molecule has 0 rings (SSSR count). The van der Waals surface area contributed by atoms with Crippen molar-refractivity contribution in [2.45, 2.75) is 38.9 Å². The van der Waals surface area contributed by atoms with E-state index in [1.165, 1.54) is 0 Å². The molecule has 0 aromatic rings. The molecule has 0 aliphatic carbocycles. The van der Waals surface area contributed by atoms with Crippen LogP contribution in [0.15, 0.2) is 0 Å². The van der Waals surface area contributed by atoms with Gasteiger partial charge in [-0.2, -0.15) is 0 Å². The molecular weight excluding hydrogens is 209 g/mol. The largest absolute Gasteiger partial charge is 1.00 e. The zero-order valence-electron chi connectivity index (χ0n) is 10.1. The van der Waals surface area contributed by atoms with Crippen molar-refractivity contribution in [1.82, 2.24) is 0 Å². The SMILES string of the molecule is CC(C)(C)[Si](C)(C)OP(=O)([O-])[O-].[Li+].[Li+]. The minimum absolute atomic E-state index is 0. The molecule has 0 radical (unpaired) electrons. The molecule has 0 atom stereocenters. The van der Waals surface area contributed by atoms with Gasteiger partial charge in [-0.1, -0.05) is 20.8 Å². The average Bonchev–Trinajstić information content (AvgIpc) is 1.52. The Hall–Kier alpha value is 1.52. The fraction of sp³-hybridized carbons (Fsp3) is 1.00. The van der Waals surface area contributed by atoms with E-state index >= 15 is 0 Å². The molecule has 0 saturated carbocycles. The van der Waals surface area contributed by atoms with Crippen LogP contribution in [0.25, 0.3) is 0 Å². The number of hydrogen-bond donors (Lipinski definition) is 0. The zero-order chi connectivity index (χ0) is 10.2. The van der Waals surface area contributed by atoms with Crippen LogP contribution >= 0.6 is 7.82 Å². The van der Waals surface area contributed by atoms with Gasteiger partial charge in [0.1, 0.15) is 0 Å². The van der Waals surface area contributed by atoms with E-state index in [9.17, 15) is 14.4 Å². The third kappa shape index (κ3) is 7.77. The Balaban J connectivity index is -0.000000605. The van der Waals surface area contributed by atoms with Crippen LogP contribution in [-0.4, -0.2) is 8.32 Å². The molecule has 0 fully saturated rings. The molecule has 0 spiro atoms. The van der Waals surface area contributed by atoms with E-state index in [1.807, 2.05) is 20.8 Å². The molecule has 0 heterocycles. The smallest absolute Gasteiger partial charge is 0.791 e. The molecule has 14 heavy (non-hydrogen) atoms. The first-order valence-electron chi connectivity index (χ1n) is 3.68. The van der Waals surface area contributed by atoms with Crippen molar-refractivity contribution in [3.05, 3.63) is 0 Å². The fourth-order valence-corrected chi connectivity index (χ4v) is 3.75. The first kappa shape index (κ1) is 20.9. The van der Waals surface area contributed by atoms with Gasteiger partial charge in [-0.15, -0.1) is 0 Å². The van der Waals surface area contributed by atoms with Gasteiger partial charge >= 0.3 is 37.7 Å². The fourth-order valence-electron chi connectivity index (χ4n) is 0.416. The van der Waals surface area contributed by atoms with E-state index in [0.29, 0.717) is 0 Å². The summed E-state index contributed by atoms with van der Waals surface area (Å²) in [5.74, 6) is 0. The van der Waals surface area contributed by atoms with E-state index in [4.69, 9.17) is 0 Å². The third-order valence-corrected chi connectivity index (χ3v) is 8.48. The Morgan fingerprint density at radius 2 is 1.43 bits per heavy atom.